The molecule has 1 rings (SSSR count). The summed E-state index contributed by atoms with van der Waals surface area (Å²) in [5.41, 5.74) is -4.06. The van der Waals surface area contributed by atoms with Gasteiger partial charge < -0.3 is 0 Å². The van der Waals surface area contributed by atoms with Crippen molar-refractivity contribution in [2.45, 2.75) is 16.8 Å². The third-order valence-electron chi connectivity index (χ3n) is 1.80. The van der Waals surface area contributed by atoms with Crippen molar-refractivity contribution < 1.29 is 18.0 Å². The van der Waals surface area contributed by atoms with Gasteiger partial charge in [-0.15, -0.1) is 11.6 Å². The van der Waals surface area contributed by atoms with Crippen LogP contribution in [-0.2, 0) is 11.2 Å². The van der Waals surface area contributed by atoms with Gasteiger partial charge in [-0.25, -0.2) is 0 Å². The van der Waals surface area contributed by atoms with Crippen LogP contribution in [0.25, 0.3) is 0 Å². The molecule has 0 bridgehead atoms. The first-order valence-corrected chi connectivity index (χ1v) is 6.58. The third kappa shape index (κ3) is 4.89. The number of hydrogen-bond donors (Lipinski definition) is 0. The second kappa shape index (κ2) is 6.11. The molecule has 7 heteroatoms. The summed E-state index contributed by atoms with van der Waals surface area (Å²) in [6.45, 7) is 0. The standard InChI is InChI=1S/C10H7BrClF3OS/c11-8-3-1-2-6(4-7(16)5-12)9(8)17-10(13,14)15/h1-3H,4-5H2. The molecular weight excluding hydrogens is 341 g/mol. The molecule has 17 heavy (non-hydrogen) atoms. The highest BCUT2D eigenvalue weighted by atomic mass is 79.9. The molecule has 0 spiro atoms. The van der Waals surface area contributed by atoms with E-state index in [1.54, 1.807) is 6.07 Å². The highest BCUT2D eigenvalue weighted by molar-refractivity contribution is 9.10. The van der Waals surface area contributed by atoms with E-state index in [1.165, 1.54) is 12.1 Å². The molecule has 0 saturated heterocycles. The Balaban J connectivity index is 3.04. The molecular formula is C10H7BrClF3OS. The lowest BCUT2D eigenvalue weighted by Gasteiger charge is -2.12. The van der Waals surface area contributed by atoms with Gasteiger partial charge in [-0.1, -0.05) is 12.1 Å². The third-order valence-corrected chi connectivity index (χ3v) is 3.94. The maximum atomic E-state index is 12.4. The largest absolute Gasteiger partial charge is 0.446 e. The van der Waals surface area contributed by atoms with Crippen molar-refractivity contribution in [1.82, 2.24) is 0 Å². The first-order valence-electron chi connectivity index (χ1n) is 4.44. The summed E-state index contributed by atoms with van der Waals surface area (Å²) in [6.07, 6.45) is -0.0959. The number of hydrogen-bond acceptors (Lipinski definition) is 2. The highest BCUT2D eigenvalue weighted by Crippen LogP contribution is 2.42. The Morgan fingerprint density at radius 2 is 2.06 bits per heavy atom. The number of carbonyl (C=O) groups excluding carboxylic acids is 1. The van der Waals surface area contributed by atoms with Crippen LogP contribution in [0.1, 0.15) is 5.56 Å². The number of thioether (sulfide) groups is 1. The van der Waals surface area contributed by atoms with Crippen LogP contribution in [0.5, 0.6) is 0 Å². The fourth-order valence-electron chi connectivity index (χ4n) is 1.18. The Labute approximate surface area is 114 Å². The molecule has 1 nitrogen and oxygen atoms in total. The molecule has 0 atom stereocenters. The number of Topliss-reactive ketones (excluding diaryl/α,β-unsaturated/α-hetero) is 1. The zero-order valence-corrected chi connectivity index (χ0v) is 11.5. The Kier molecular flexibility index (Phi) is 5.34. The minimum absolute atomic E-state index is 0.0125. The van der Waals surface area contributed by atoms with E-state index >= 15 is 0 Å². The summed E-state index contributed by atoms with van der Waals surface area (Å²) in [6, 6.07) is 4.58. The van der Waals surface area contributed by atoms with Gasteiger partial charge in [0.15, 0.2) is 5.78 Å². The van der Waals surface area contributed by atoms with Crippen LogP contribution in [0.4, 0.5) is 13.2 Å². The number of halogens is 5. The van der Waals surface area contributed by atoms with Crippen molar-refractivity contribution in [3.8, 4) is 0 Å². The molecule has 0 amide bonds. The Bertz CT molecular complexity index is 423. The van der Waals surface area contributed by atoms with Gasteiger partial charge in [-0.2, -0.15) is 13.2 Å². The molecule has 0 aliphatic rings. The first kappa shape index (κ1) is 14.9. The Hall–Kier alpha value is -0.200. The summed E-state index contributed by atoms with van der Waals surface area (Å²) >= 11 is 8.15. The average molecular weight is 348 g/mol. The molecule has 0 saturated carbocycles. The maximum absolute atomic E-state index is 12.4. The van der Waals surface area contributed by atoms with E-state index in [0.717, 1.165) is 0 Å². The van der Waals surface area contributed by atoms with Crippen molar-refractivity contribution in [2.75, 3.05) is 5.88 Å². The first-order chi connectivity index (χ1) is 7.83. The fourth-order valence-corrected chi connectivity index (χ4v) is 2.60. The van der Waals surface area contributed by atoms with Gasteiger partial charge in [-0.05, 0) is 39.3 Å². The predicted octanol–water partition coefficient (Wildman–Crippen LogP) is 4.41. The van der Waals surface area contributed by atoms with Crippen molar-refractivity contribution in [2.24, 2.45) is 0 Å². The molecule has 0 heterocycles. The summed E-state index contributed by atoms with van der Waals surface area (Å²) in [5, 5.41) is 0. The van der Waals surface area contributed by atoms with Crippen molar-refractivity contribution in [3.63, 3.8) is 0 Å². The van der Waals surface area contributed by atoms with Crippen molar-refractivity contribution >= 4 is 45.1 Å². The summed E-state index contributed by atoms with van der Waals surface area (Å²) in [4.78, 5) is 11.2. The van der Waals surface area contributed by atoms with Gasteiger partial charge in [0.2, 0.25) is 0 Å². The van der Waals surface area contributed by atoms with Crippen molar-refractivity contribution in [3.05, 3.63) is 28.2 Å². The van der Waals surface area contributed by atoms with Crippen LogP contribution in [0.3, 0.4) is 0 Å². The predicted molar refractivity (Wildman–Crippen MR) is 65.5 cm³/mol. The molecule has 0 aliphatic carbocycles. The zero-order valence-electron chi connectivity index (χ0n) is 8.35. The SMILES string of the molecule is O=C(CCl)Cc1cccc(Br)c1SC(F)(F)F. The second-order valence-corrected chi connectivity index (χ2v) is 5.32. The van der Waals surface area contributed by atoms with Crippen LogP contribution in [0.2, 0.25) is 0 Å². The summed E-state index contributed by atoms with van der Waals surface area (Å²) in [7, 11) is 0. The number of alkyl halides is 4. The second-order valence-electron chi connectivity index (χ2n) is 3.12. The quantitative estimate of drug-likeness (QED) is 0.593. The van der Waals surface area contributed by atoms with Crippen LogP contribution in [0, 0.1) is 0 Å². The van der Waals surface area contributed by atoms with Crippen LogP contribution < -0.4 is 0 Å². The van der Waals surface area contributed by atoms with Gasteiger partial charge in [0, 0.05) is 15.8 Å². The maximum Gasteiger partial charge on any atom is 0.446 e. The smallest absolute Gasteiger partial charge is 0.298 e. The molecule has 0 radical (unpaired) electrons. The van der Waals surface area contributed by atoms with E-state index in [0.29, 0.717) is 10.0 Å². The monoisotopic (exact) mass is 346 g/mol. The van der Waals surface area contributed by atoms with Crippen LogP contribution in [-0.4, -0.2) is 17.2 Å². The lowest BCUT2D eigenvalue weighted by Crippen LogP contribution is -2.07. The summed E-state index contributed by atoms with van der Waals surface area (Å²) < 4.78 is 37.4. The molecule has 0 aliphatic heterocycles. The lowest BCUT2D eigenvalue weighted by atomic mass is 10.1. The zero-order chi connectivity index (χ0) is 13.1. The van der Waals surface area contributed by atoms with E-state index in [9.17, 15) is 18.0 Å². The Morgan fingerprint density at radius 3 is 2.59 bits per heavy atom. The van der Waals surface area contributed by atoms with E-state index < -0.39 is 5.51 Å². The number of carbonyl (C=O) groups is 1. The fraction of sp³-hybridized carbons (Fsp3) is 0.300. The molecule has 0 aromatic heterocycles. The topological polar surface area (TPSA) is 17.1 Å². The van der Waals surface area contributed by atoms with E-state index in [1.807, 2.05) is 0 Å². The molecule has 0 fully saturated rings. The number of benzene rings is 1. The van der Waals surface area contributed by atoms with Crippen LogP contribution >= 0.6 is 39.3 Å². The molecule has 94 valence electrons. The van der Waals surface area contributed by atoms with Gasteiger partial charge in [0.1, 0.15) is 0 Å². The normalized spacial score (nSPS) is 11.6. The highest BCUT2D eigenvalue weighted by Gasteiger charge is 2.31. The minimum Gasteiger partial charge on any atom is -0.298 e. The van der Waals surface area contributed by atoms with E-state index in [4.69, 9.17) is 11.6 Å². The van der Waals surface area contributed by atoms with Crippen LogP contribution in [0.15, 0.2) is 27.6 Å². The summed E-state index contributed by atoms with van der Waals surface area (Å²) in [5.74, 6) is -0.517. The van der Waals surface area contributed by atoms with Gasteiger partial charge >= 0.3 is 5.51 Å². The molecule has 1 aromatic rings. The average Bonchev–Trinajstić information content (AvgIpc) is 2.21. The van der Waals surface area contributed by atoms with Gasteiger partial charge in [0.25, 0.3) is 0 Å². The van der Waals surface area contributed by atoms with Gasteiger partial charge in [0.05, 0.1) is 5.88 Å². The van der Waals surface area contributed by atoms with Crippen molar-refractivity contribution in [1.29, 1.82) is 0 Å². The number of rotatable bonds is 4. The molecule has 0 N–H and O–H groups in total. The number of ketones is 1. The lowest BCUT2D eigenvalue weighted by molar-refractivity contribution is -0.116. The Morgan fingerprint density at radius 1 is 1.41 bits per heavy atom. The molecule has 1 aromatic carbocycles. The molecule has 0 unspecified atom stereocenters. The minimum atomic E-state index is -4.39. The van der Waals surface area contributed by atoms with E-state index in [-0.39, 0.29) is 34.7 Å². The van der Waals surface area contributed by atoms with Gasteiger partial charge in [-0.3, -0.25) is 4.79 Å². The van der Waals surface area contributed by atoms with E-state index in [2.05, 4.69) is 15.9 Å².